The fourth-order valence-electron chi connectivity index (χ4n) is 1.88. The molecule has 3 rings (SSSR count). The average molecular weight is 291 g/mol. The lowest BCUT2D eigenvalue weighted by Crippen LogP contribution is -2.00. The van der Waals surface area contributed by atoms with Crippen LogP contribution in [0, 0.1) is 0 Å². The maximum atomic E-state index is 9.78. The van der Waals surface area contributed by atoms with Gasteiger partial charge in [0.1, 0.15) is 5.75 Å². The number of fused-ring (bicyclic) bond motifs is 1. The summed E-state index contributed by atoms with van der Waals surface area (Å²) in [6.07, 6.45) is 0. The second kappa shape index (κ2) is 5.07. The molecule has 1 aromatic heterocycles. The van der Waals surface area contributed by atoms with E-state index in [9.17, 15) is 5.11 Å². The van der Waals surface area contributed by atoms with E-state index in [0.29, 0.717) is 17.1 Å². The first-order valence-electron chi connectivity index (χ1n) is 5.77. The number of hydrogen-bond acceptors (Lipinski definition) is 4. The quantitative estimate of drug-likeness (QED) is 0.757. The van der Waals surface area contributed by atoms with Crippen LogP contribution in [0.3, 0.4) is 0 Å². The molecule has 0 saturated carbocycles. The number of anilines is 1. The Morgan fingerprint density at radius 3 is 3.00 bits per heavy atom. The highest BCUT2D eigenvalue weighted by Gasteiger charge is 2.06. The molecular weight excluding hydrogens is 280 g/mol. The molecule has 0 aliphatic carbocycles. The molecule has 2 N–H and O–H groups in total. The minimum atomic E-state index is 0.207. The van der Waals surface area contributed by atoms with Gasteiger partial charge in [0.15, 0.2) is 0 Å². The van der Waals surface area contributed by atoms with Crippen molar-refractivity contribution >= 4 is 38.8 Å². The lowest BCUT2D eigenvalue weighted by molar-refractivity contribution is 0.469. The van der Waals surface area contributed by atoms with E-state index in [2.05, 4.69) is 10.3 Å². The fraction of sp³-hybridized carbons (Fsp3) is 0.0714. The molecule has 0 aliphatic heterocycles. The van der Waals surface area contributed by atoms with Gasteiger partial charge in [0, 0.05) is 22.8 Å². The van der Waals surface area contributed by atoms with Gasteiger partial charge in [0.25, 0.3) is 0 Å². The Morgan fingerprint density at radius 2 is 2.16 bits per heavy atom. The molecule has 19 heavy (non-hydrogen) atoms. The molecule has 3 nitrogen and oxygen atoms in total. The van der Waals surface area contributed by atoms with Crippen LogP contribution in [-0.4, -0.2) is 10.1 Å². The molecule has 0 spiro atoms. The van der Waals surface area contributed by atoms with Gasteiger partial charge in [-0.25, -0.2) is 4.98 Å². The molecule has 0 bridgehead atoms. The van der Waals surface area contributed by atoms with Crippen molar-refractivity contribution in [2.75, 3.05) is 5.32 Å². The molecule has 0 atom stereocenters. The summed E-state index contributed by atoms with van der Waals surface area (Å²) < 4.78 is 1.13. The molecule has 5 heteroatoms. The minimum Gasteiger partial charge on any atom is -0.508 e. The molecule has 3 aromatic rings. The number of nitrogens with one attached hydrogen (secondary N) is 1. The number of benzene rings is 2. The maximum absolute atomic E-state index is 9.78. The van der Waals surface area contributed by atoms with Crippen molar-refractivity contribution < 1.29 is 5.11 Å². The Labute approximate surface area is 119 Å². The van der Waals surface area contributed by atoms with Gasteiger partial charge < -0.3 is 10.4 Å². The lowest BCUT2D eigenvalue weighted by atomic mass is 10.2. The Balaban J connectivity index is 1.82. The highest BCUT2D eigenvalue weighted by molar-refractivity contribution is 7.16. The van der Waals surface area contributed by atoms with Crippen LogP contribution in [0.2, 0.25) is 5.02 Å². The molecule has 0 saturated heterocycles. The zero-order chi connectivity index (χ0) is 13.2. The topological polar surface area (TPSA) is 45.1 Å². The number of phenolic OH excluding ortho intramolecular Hbond substituents is 1. The van der Waals surface area contributed by atoms with Crippen molar-refractivity contribution in [1.29, 1.82) is 0 Å². The summed E-state index contributed by atoms with van der Waals surface area (Å²) in [6.45, 7) is 0.482. The fourth-order valence-corrected chi connectivity index (χ4v) is 2.83. The first-order valence-corrected chi connectivity index (χ1v) is 7.03. The predicted molar refractivity (Wildman–Crippen MR) is 80.1 cm³/mol. The second-order valence-corrected chi connectivity index (χ2v) is 5.42. The first kappa shape index (κ1) is 12.3. The third-order valence-corrected chi connectivity index (χ3v) is 4.04. The Bertz CT molecular complexity index is 706. The summed E-state index contributed by atoms with van der Waals surface area (Å²) in [7, 11) is 0. The van der Waals surface area contributed by atoms with Crippen LogP contribution < -0.4 is 5.32 Å². The zero-order valence-electron chi connectivity index (χ0n) is 9.93. The maximum Gasteiger partial charge on any atom is 0.122 e. The number of nitrogens with zero attached hydrogens (tertiary/aromatic N) is 1. The molecule has 0 aliphatic rings. The molecule has 0 amide bonds. The van der Waals surface area contributed by atoms with Gasteiger partial charge in [-0.2, -0.15) is 0 Å². The normalized spacial score (nSPS) is 10.8. The van der Waals surface area contributed by atoms with Crippen molar-refractivity contribution in [3.63, 3.8) is 0 Å². The number of thiazole rings is 1. The summed E-state index contributed by atoms with van der Waals surface area (Å²) in [5, 5.41) is 13.6. The van der Waals surface area contributed by atoms with Gasteiger partial charge in [0.2, 0.25) is 0 Å². The summed E-state index contributed by atoms with van der Waals surface area (Å²) in [5.41, 5.74) is 4.51. The average Bonchev–Trinajstić information content (AvgIpc) is 2.85. The monoisotopic (exact) mass is 290 g/mol. The largest absolute Gasteiger partial charge is 0.508 e. The van der Waals surface area contributed by atoms with Crippen LogP contribution in [-0.2, 0) is 6.54 Å². The Morgan fingerprint density at radius 1 is 1.26 bits per heavy atom. The molecule has 1 heterocycles. The number of hydrogen-bond donors (Lipinski definition) is 2. The van der Waals surface area contributed by atoms with Crippen molar-refractivity contribution in [3.05, 3.63) is 52.5 Å². The number of rotatable bonds is 3. The van der Waals surface area contributed by atoms with E-state index in [1.54, 1.807) is 29.5 Å². The molecule has 0 unspecified atom stereocenters. The minimum absolute atomic E-state index is 0.207. The van der Waals surface area contributed by atoms with Crippen molar-refractivity contribution in [2.24, 2.45) is 0 Å². The van der Waals surface area contributed by atoms with Crippen LogP contribution in [0.15, 0.2) is 41.9 Å². The third-order valence-electron chi connectivity index (χ3n) is 2.89. The van der Waals surface area contributed by atoms with Crippen molar-refractivity contribution in [3.8, 4) is 5.75 Å². The first-order chi connectivity index (χ1) is 9.24. The highest BCUT2D eigenvalue weighted by Crippen LogP contribution is 2.27. The van der Waals surface area contributed by atoms with Gasteiger partial charge in [-0.3, -0.25) is 0 Å². The summed E-state index contributed by atoms with van der Waals surface area (Å²) in [5.74, 6) is 0.207. The van der Waals surface area contributed by atoms with E-state index in [4.69, 9.17) is 11.6 Å². The van der Waals surface area contributed by atoms with Crippen LogP contribution in [0.5, 0.6) is 5.75 Å². The lowest BCUT2D eigenvalue weighted by Gasteiger charge is -2.09. The van der Waals surface area contributed by atoms with E-state index in [1.165, 1.54) is 0 Å². The van der Waals surface area contributed by atoms with E-state index in [-0.39, 0.29) is 5.75 Å². The smallest absolute Gasteiger partial charge is 0.122 e. The summed E-state index contributed by atoms with van der Waals surface area (Å²) in [6, 6.07) is 11.1. The molecule has 0 radical (unpaired) electrons. The van der Waals surface area contributed by atoms with E-state index >= 15 is 0 Å². The number of phenols is 1. The van der Waals surface area contributed by atoms with Gasteiger partial charge in [-0.1, -0.05) is 17.7 Å². The molecular formula is C14H11ClN2OS. The number of aromatic nitrogens is 1. The predicted octanol–water partition coefficient (Wildman–Crippen LogP) is 4.27. The second-order valence-electron chi connectivity index (χ2n) is 4.13. The Kier molecular flexibility index (Phi) is 3.27. The van der Waals surface area contributed by atoms with E-state index in [1.807, 2.05) is 23.7 Å². The molecule has 2 aromatic carbocycles. The third kappa shape index (κ3) is 2.50. The SMILES string of the molecule is Oc1cccc(Cl)c1CNc1ccc2ncsc2c1. The van der Waals surface area contributed by atoms with E-state index < -0.39 is 0 Å². The van der Waals surface area contributed by atoms with Crippen LogP contribution in [0.4, 0.5) is 5.69 Å². The summed E-state index contributed by atoms with van der Waals surface area (Å²) in [4.78, 5) is 4.24. The standard InChI is InChI=1S/C14H11ClN2OS/c15-11-2-1-3-13(18)10(11)7-16-9-4-5-12-14(6-9)19-8-17-12/h1-6,8,16,18H,7H2. The van der Waals surface area contributed by atoms with E-state index in [0.717, 1.165) is 15.9 Å². The van der Waals surface area contributed by atoms with Gasteiger partial charge >= 0.3 is 0 Å². The number of halogens is 1. The highest BCUT2D eigenvalue weighted by atomic mass is 35.5. The van der Waals surface area contributed by atoms with Gasteiger partial charge in [-0.15, -0.1) is 11.3 Å². The van der Waals surface area contributed by atoms with Crippen LogP contribution in [0.25, 0.3) is 10.2 Å². The summed E-state index contributed by atoms with van der Waals surface area (Å²) >= 11 is 7.67. The van der Waals surface area contributed by atoms with Crippen LogP contribution in [0.1, 0.15) is 5.56 Å². The molecule has 96 valence electrons. The Hall–Kier alpha value is -1.78. The van der Waals surface area contributed by atoms with Crippen molar-refractivity contribution in [2.45, 2.75) is 6.54 Å². The van der Waals surface area contributed by atoms with Crippen molar-refractivity contribution in [1.82, 2.24) is 4.98 Å². The van der Waals surface area contributed by atoms with Crippen LogP contribution >= 0.6 is 22.9 Å². The van der Waals surface area contributed by atoms with Gasteiger partial charge in [0.05, 0.1) is 15.7 Å². The number of aromatic hydroxyl groups is 1. The molecule has 0 fully saturated rings. The van der Waals surface area contributed by atoms with Gasteiger partial charge in [-0.05, 0) is 30.3 Å². The zero-order valence-corrected chi connectivity index (χ0v) is 11.5.